The van der Waals surface area contributed by atoms with Crippen molar-refractivity contribution < 1.29 is 19.1 Å². The first-order valence-electron chi connectivity index (χ1n) is 26.0. The zero-order valence-corrected chi connectivity index (χ0v) is 40.5. The van der Waals surface area contributed by atoms with Gasteiger partial charge in [-0.3, -0.25) is 19.2 Å². The van der Waals surface area contributed by atoms with Gasteiger partial charge in [-0.05, 0) is 97.2 Å². The number of hydrogen-bond acceptors (Lipinski definition) is 8. The molecule has 0 spiro atoms. The zero-order valence-electron chi connectivity index (χ0n) is 40.5. The van der Waals surface area contributed by atoms with Gasteiger partial charge in [-0.15, -0.1) is 0 Å². The normalized spacial score (nSPS) is 11.6. The van der Waals surface area contributed by atoms with E-state index in [9.17, 15) is 19.2 Å². The Morgan fingerprint density at radius 3 is 1.48 bits per heavy atom. The number of anilines is 1. The number of carbonyl (C=O) groups is 2. The second-order valence-corrected chi connectivity index (χ2v) is 18.4. The number of nitrogens with zero attached hydrogens (tertiary/aromatic N) is 1. The smallest absolute Gasteiger partial charge is 0.306 e. The van der Waals surface area contributed by atoms with Crippen molar-refractivity contribution in [1.29, 1.82) is 0 Å². The van der Waals surface area contributed by atoms with Crippen LogP contribution in [0.3, 0.4) is 0 Å². The van der Waals surface area contributed by atoms with E-state index >= 15 is 0 Å². The Morgan fingerprint density at radius 1 is 0.541 bits per heavy atom. The van der Waals surface area contributed by atoms with Crippen molar-refractivity contribution in [3.63, 3.8) is 0 Å². The molecule has 1 aromatic carbocycles. The maximum absolute atomic E-state index is 12.9. The fourth-order valence-electron chi connectivity index (χ4n) is 8.35. The van der Waals surface area contributed by atoms with Gasteiger partial charge in [0, 0.05) is 24.9 Å². The van der Waals surface area contributed by atoms with Gasteiger partial charge in [0.2, 0.25) is 10.9 Å². The van der Waals surface area contributed by atoms with Gasteiger partial charge in [-0.2, -0.15) is 0 Å². The van der Waals surface area contributed by atoms with Crippen LogP contribution in [0.15, 0.2) is 21.7 Å². The molecule has 0 heterocycles. The zero-order chi connectivity index (χ0) is 44.6. The van der Waals surface area contributed by atoms with Crippen LogP contribution in [0.5, 0.6) is 0 Å². The van der Waals surface area contributed by atoms with Gasteiger partial charge < -0.3 is 19.7 Å². The molecular formula is C53H96N2O6. The minimum absolute atomic E-state index is 0.00374. The largest absolute Gasteiger partial charge is 0.466 e. The van der Waals surface area contributed by atoms with Crippen molar-refractivity contribution in [2.24, 2.45) is 0 Å². The third kappa shape index (κ3) is 31.9. The Labute approximate surface area is 375 Å². The summed E-state index contributed by atoms with van der Waals surface area (Å²) in [6.45, 7) is 16.8. The van der Waals surface area contributed by atoms with E-state index in [4.69, 9.17) is 9.47 Å². The lowest BCUT2D eigenvalue weighted by molar-refractivity contribution is -0.150. The summed E-state index contributed by atoms with van der Waals surface area (Å²) in [5.41, 5.74) is 1.16. The highest BCUT2D eigenvalue weighted by atomic mass is 16.5. The topological polar surface area (TPSA) is 102 Å². The fourth-order valence-corrected chi connectivity index (χ4v) is 8.35. The quantitative estimate of drug-likeness (QED) is 0.0299. The number of hydrogen-bond donors (Lipinski definition) is 1. The Bertz CT molecular complexity index is 1270. The first-order chi connectivity index (χ1) is 29.7. The predicted octanol–water partition coefficient (Wildman–Crippen LogP) is 13.9. The summed E-state index contributed by atoms with van der Waals surface area (Å²) in [4.78, 5) is 51.9. The summed E-state index contributed by atoms with van der Waals surface area (Å²) in [6.07, 6.45) is 39.0. The highest BCUT2D eigenvalue weighted by Crippen LogP contribution is 2.19. The van der Waals surface area contributed by atoms with Crippen LogP contribution in [0.2, 0.25) is 0 Å². The monoisotopic (exact) mass is 857 g/mol. The van der Waals surface area contributed by atoms with Gasteiger partial charge in [0.15, 0.2) is 0 Å². The molecule has 1 aromatic rings. The van der Waals surface area contributed by atoms with Gasteiger partial charge >= 0.3 is 11.9 Å². The number of allylic oxidation sites excluding steroid dienone is 1. The SMILES string of the molecule is C=C(C)Cc1c(NCCCN(CCCCCCCC(=O)OCCCCCCCCC)CCCCCCCC(=O)OC(CCCCCCCC)CCCCCCCC)c(=O)c1=O. The van der Waals surface area contributed by atoms with E-state index < -0.39 is 5.43 Å². The van der Waals surface area contributed by atoms with Crippen LogP contribution in [0, 0.1) is 0 Å². The van der Waals surface area contributed by atoms with E-state index in [2.05, 4.69) is 37.6 Å². The van der Waals surface area contributed by atoms with Gasteiger partial charge in [0.25, 0.3) is 0 Å². The number of carbonyl (C=O) groups excluding carboxylic acids is 2. The van der Waals surface area contributed by atoms with Crippen molar-refractivity contribution >= 4 is 17.6 Å². The van der Waals surface area contributed by atoms with Gasteiger partial charge in [-0.1, -0.05) is 174 Å². The Morgan fingerprint density at radius 2 is 0.967 bits per heavy atom. The average molecular weight is 857 g/mol. The van der Waals surface area contributed by atoms with E-state index in [1.807, 2.05) is 6.92 Å². The molecule has 0 aromatic heterocycles. The van der Waals surface area contributed by atoms with E-state index in [1.54, 1.807) is 0 Å². The maximum Gasteiger partial charge on any atom is 0.306 e. The van der Waals surface area contributed by atoms with Crippen LogP contribution in [0.4, 0.5) is 5.69 Å². The molecule has 1 rings (SSSR count). The lowest BCUT2D eigenvalue weighted by Crippen LogP contribution is -2.39. The van der Waals surface area contributed by atoms with E-state index in [0.717, 1.165) is 134 Å². The number of rotatable bonds is 46. The third-order valence-electron chi connectivity index (χ3n) is 12.2. The van der Waals surface area contributed by atoms with Gasteiger partial charge in [0.05, 0.1) is 12.3 Å². The molecule has 0 amide bonds. The van der Waals surface area contributed by atoms with E-state index in [0.29, 0.717) is 43.7 Å². The van der Waals surface area contributed by atoms with E-state index in [1.165, 1.54) is 96.3 Å². The molecule has 0 aliphatic heterocycles. The minimum Gasteiger partial charge on any atom is -0.466 e. The maximum atomic E-state index is 12.9. The van der Waals surface area contributed by atoms with Crippen molar-refractivity contribution in [2.45, 2.75) is 259 Å². The van der Waals surface area contributed by atoms with Crippen LogP contribution >= 0.6 is 0 Å². The minimum atomic E-state index is -0.399. The fraction of sp³-hybridized carbons (Fsp3) is 0.849. The molecule has 0 atom stereocenters. The lowest BCUT2D eigenvalue weighted by Gasteiger charge is -2.23. The summed E-state index contributed by atoms with van der Waals surface area (Å²) in [7, 11) is 0. The molecule has 0 bridgehead atoms. The molecule has 0 saturated heterocycles. The number of esters is 2. The highest BCUT2D eigenvalue weighted by Gasteiger charge is 2.20. The molecule has 0 aliphatic carbocycles. The first kappa shape index (κ1) is 56.5. The predicted molar refractivity (Wildman–Crippen MR) is 260 cm³/mol. The second-order valence-electron chi connectivity index (χ2n) is 18.4. The number of nitrogens with one attached hydrogen (secondary N) is 1. The van der Waals surface area contributed by atoms with Crippen molar-refractivity contribution in [1.82, 2.24) is 4.90 Å². The van der Waals surface area contributed by atoms with Crippen LogP contribution < -0.4 is 16.2 Å². The van der Waals surface area contributed by atoms with Crippen LogP contribution in [-0.2, 0) is 25.5 Å². The van der Waals surface area contributed by atoms with Crippen molar-refractivity contribution in [2.75, 3.05) is 38.1 Å². The molecule has 0 saturated carbocycles. The first-order valence-corrected chi connectivity index (χ1v) is 26.0. The Kier molecular flexibility index (Phi) is 37.4. The lowest BCUT2D eigenvalue weighted by atomic mass is 10.0. The van der Waals surface area contributed by atoms with Crippen LogP contribution in [0.25, 0.3) is 0 Å². The molecule has 0 fully saturated rings. The van der Waals surface area contributed by atoms with Gasteiger partial charge in [-0.25, -0.2) is 0 Å². The third-order valence-corrected chi connectivity index (χ3v) is 12.2. The molecule has 8 heteroatoms. The van der Waals surface area contributed by atoms with Crippen LogP contribution in [0.1, 0.15) is 252 Å². The molecule has 61 heavy (non-hydrogen) atoms. The number of ether oxygens (including phenoxy) is 2. The molecule has 0 aliphatic rings. The Hall–Kier alpha value is -2.48. The van der Waals surface area contributed by atoms with Crippen molar-refractivity contribution in [3.05, 3.63) is 38.2 Å². The molecular weight excluding hydrogens is 761 g/mol. The number of unbranched alkanes of at least 4 members (excludes halogenated alkanes) is 24. The van der Waals surface area contributed by atoms with Crippen LogP contribution in [-0.4, -0.2) is 55.7 Å². The summed E-state index contributed by atoms with van der Waals surface area (Å²) in [5, 5.41) is 3.25. The molecule has 1 N–H and O–H groups in total. The molecule has 8 nitrogen and oxygen atoms in total. The summed E-state index contributed by atoms with van der Waals surface area (Å²) < 4.78 is 11.5. The highest BCUT2D eigenvalue weighted by molar-refractivity contribution is 5.69. The summed E-state index contributed by atoms with van der Waals surface area (Å²) >= 11 is 0. The van der Waals surface area contributed by atoms with Gasteiger partial charge in [0.1, 0.15) is 6.10 Å². The summed E-state index contributed by atoms with van der Waals surface area (Å²) in [6, 6.07) is 0. The average Bonchev–Trinajstić information content (AvgIpc) is 3.24. The second kappa shape index (κ2) is 40.3. The standard InChI is InChI=1S/C53H96N2O6/c1-6-9-12-15-18-27-34-44-60-49(56)38-30-23-19-25-32-41-55(43-35-40-54-51-48(45-46(4)5)52(58)53(51)59)42-33-26-20-24-31-39-50(57)61-47(36-28-21-16-13-10-7-2)37-29-22-17-14-11-8-3/h47,54H,4,6-45H2,1-3,5H3. The molecule has 0 radical (unpaired) electrons. The molecule has 354 valence electrons. The Balaban J connectivity index is 2.42. The van der Waals surface area contributed by atoms with Crippen molar-refractivity contribution in [3.8, 4) is 0 Å². The molecule has 0 unspecified atom stereocenters. The van der Waals surface area contributed by atoms with E-state index in [-0.39, 0.29) is 23.5 Å². The summed E-state index contributed by atoms with van der Waals surface area (Å²) in [5.74, 6) is -0.0524.